The first-order valence-corrected chi connectivity index (χ1v) is 6.17. The summed E-state index contributed by atoms with van der Waals surface area (Å²) in [5.74, 6) is -0.674. The predicted molar refractivity (Wildman–Crippen MR) is 71.6 cm³/mol. The minimum absolute atomic E-state index is 0.0626. The molecule has 5 nitrogen and oxygen atoms in total. The smallest absolute Gasteiger partial charge is 0.171 e. The van der Waals surface area contributed by atoms with E-state index in [4.69, 9.17) is 16.0 Å². The molecular weight excluding hydrogens is 305 g/mol. The maximum absolute atomic E-state index is 14.2. The number of anilines is 1. The van der Waals surface area contributed by atoms with Crippen LogP contribution in [0.1, 0.15) is 12.5 Å². The number of hydrogen-bond acceptors (Lipinski definition) is 4. The molecule has 4 N–H and O–H groups in total. The average Bonchev–Trinajstić information content (AvgIpc) is 2.38. The molecule has 0 aliphatic heterocycles. The molecule has 0 fully saturated rings. The van der Waals surface area contributed by atoms with Crippen molar-refractivity contribution >= 4 is 27.5 Å². The summed E-state index contributed by atoms with van der Waals surface area (Å²) < 4.78 is 14.3. The zero-order valence-electron chi connectivity index (χ0n) is 9.90. The van der Waals surface area contributed by atoms with Gasteiger partial charge in [0.05, 0.1) is 16.8 Å². The highest BCUT2D eigenvalue weighted by Gasteiger charge is 2.17. The van der Waals surface area contributed by atoms with Gasteiger partial charge in [-0.1, -0.05) is 5.16 Å². The van der Waals surface area contributed by atoms with E-state index in [0.29, 0.717) is 18.8 Å². The minimum Gasteiger partial charge on any atom is -0.409 e. The van der Waals surface area contributed by atoms with E-state index in [1.54, 1.807) is 11.0 Å². The van der Waals surface area contributed by atoms with Crippen LogP contribution in [0.3, 0.4) is 0 Å². The SMILES string of the molecule is CCN(CCO)c1ccc(/C(N)=N/O)c(Br)c1F. The first-order valence-electron chi connectivity index (χ1n) is 5.38. The monoisotopic (exact) mass is 319 g/mol. The fourth-order valence-corrected chi connectivity index (χ4v) is 2.14. The molecule has 100 valence electrons. The molecule has 0 aromatic heterocycles. The summed E-state index contributed by atoms with van der Waals surface area (Å²) in [5, 5.41) is 20.3. The molecule has 0 atom stereocenters. The molecule has 0 unspecified atom stereocenters. The summed E-state index contributed by atoms with van der Waals surface area (Å²) in [5.41, 5.74) is 6.06. The number of nitrogens with two attached hydrogens (primary N) is 1. The van der Waals surface area contributed by atoms with Crippen LogP contribution in [0.15, 0.2) is 21.8 Å². The van der Waals surface area contributed by atoms with E-state index >= 15 is 0 Å². The Labute approximate surface area is 113 Å². The van der Waals surface area contributed by atoms with Gasteiger partial charge in [0, 0.05) is 18.7 Å². The Morgan fingerprint density at radius 2 is 2.22 bits per heavy atom. The van der Waals surface area contributed by atoms with Crippen LogP contribution in [0.5, 0.6) is 0 Å². The van der Waals surface area contributed by atoms with Crippen molar-refractivity contribution in [2.45, 2.75) is 6.92 Å². The highest BCUT2D eigenvalue weighted by molar-refractivity contribution is 9.10. The first kappa shape index (κ1) is 14.7. The number of rotatable bonds is 5. The Morgan fingerprint density at radius 1 is 1.56 bits per heavy atom. The lowest BCUT2D eigenvalue weighted by molar-refractivity contribution is 0.302. The lowest BCUT2D eigenvalue weighted by Gasteiger charge is -2.23. The van der Waals surface area contributed by atoms with Crippen LogP contribution < -0.4 is 10.6 Å². The Bertz CT molecular complexity index is 454. The summed E-state index contributed by atoms with van der Waals surface area (Å²) in [4.78, 5) is 1.69. The quantitative estimate of drug-likeness (QED) is 0.332. The zero-order valence-corrected chi connectivity index (χ0v) is 11.5. The van der Waals surface area contributed by atoms with E-state index in [-0.39, 0.29) is 22.5 Å². The molecule has 0 spiro atoms. The summed E-state index contributed by atoms with van der Waals surface area (Å²) >= 11 is 3.08. The van der Waals surface area contributed by atoms with E-state index in [1.165, 1.54) is 6.07 Å². The summed E-state index contributed by atoms with van der Waals surface area (Å²) in [6.45, 7) is 2.70. The number of benzene rings is 1. The van der Waals surface area contributed by atoms with Gasteiger partial charge in [0.15, 0.2) is 11.7 Å². The Morgan fingerprint density at radius 3 is 2.72 bits per heavy atom. The van der Waals surface area contributed by atoms with Crippen LogP contribution >= 0.6 is 15.9 Å². The predicted octanol–water partition coefficient (Wildman–Crippen LogP) is 1.50. The van der Waals surface area contributed by atoms with Crippen LogP contribution in [-0.4, -0.2) is 35.8 Å². The lowest BCUT2D eigenvalue weighted by atomic mass is 10.1. The van der Waals surface area contributed by atoms with Gasteiger partial charge in [0.1, 0.15) is 0 Å². The number of hydrogen-bond donors (Lipinski definition) is 3. The van der Waals surface area contributed by atoms with Crippen LogP contribution in [0.2, 0.25) is 0 Å². The Balaban J connectivity index is 3.22. The second-order valence-electron chi connectivity index (χ2n) is 3.55. The average molecular weight is 320 g/mol. The highest BCUT2D eigenvalue weighted by Crippen LogP contribution is 2.29. The largest absolute Gasteiger partial charge is 0.409 e. The van der Waals surface area contributed by atoms with Crippen LogP contribution in [0, 0.1) is 5.82 Å². The molecule has 0 amide bonds. The number of nitrogens with zero attached hydrogens (tertiary/aromatic N) is 2. The molecular formula is C11H15BrFN3O2. The van der Waals surface area contributed by atoms with Crippen LogP contribution in [-0.2, 0) is 0 Å². The molecule has 7 heteroatoms. The maximum atomic E-state index is 14.2. The second-order valence-corrected chi connectivity index (χ2v) is 4.34. The fourth-order valence-electron chi connectivity index (χ4n) is 1.60. The fraction of sp³-hybridized carbons (Fsp3) is 0.364. The molecule has 1 rings (SSSR count). The molecule has 1 aromatic rings. The Hall–Kier alpha value is -1.34. The van der Waals surface area contributed by atoms with Crippen LogP contribution in [0.4, 0.5) is 10.1 Å². The van der Waals surface area contributed by atoms with E-state index in [1.807, 2.05) is 6.92 Å². The number of aliphatic hydroxyl groups excluding tert-OH is 1. The van der Waals surface area contributed by atoms with Gasteiger partial charge < -0.3 is 20.9 Å². The van der Waals surface area contributed by atoms with E-state index in [2.05, 4.69) is 21.1 Å². The molecule has 18 heavy (non-hydrogen) atoms. The molecule has 0 aliphatic carbocycles. The topological polar surface area (TPSA) is 82.1 Å². The van der Waals surface area contributed by atoms with Crippen LogP contribution in [0.25, 0.3) is 0 Å². The highest BCUT2D eigenvalue weighted by atomic mass is 79.9. The van der Waals surface area contributed by atoms with E-state index < -0.39 is 5.82 Å². The maximum Gasteiger partial charge on any atom is 0.171 e. The van der Waals surface area contributed by atoms with Crippen molar-refractivity contribution < 1.29 is 14.7 Å². The van der Waals surface area contributed by atoms with Crippen molar-refractivity contribution in [3.8, 4) is 0 Å². The van der Waals surface area contributed by atoms with Gasteiger partial charge in [0.25, 0.3) is 0 Å². The van der Waals surface area contributed by atoms with Crippen molar-refractivity contribution in [3.63, 3.8) is 0 Å². The van der Waals surface area contributed by atoms with E-state index in [0.717, 1.165) is 0 Å². The molecule has 0 saturated heterocycles. The van der Waals surface area contributed by atoms with Crippen molar-refractivity contribution in [1.82, 2.24) is 0 Å². The van der Waals surface area contributed by atoms with Gasteiger partial charge in [-0.2, -0.15) is 0 Å². The van der Waals surface area contributed by atoms with Gasteiger partial charge in [-0.3, -0.25) is 0 Å². The third-order valence-corrected chi connectivity index (χ3v) is 3.31. The van der Waals surface area contributed by atoms with Gasteiger partial charge >= 0.3 is 0 Å². The molecule has 0 aliphatic rings. The molecule has 0 heterocycles. The zero-order chi connectivity index (χ0) is 13.7. The first-order chi connectivity index (χ1) is 8.56. The number of amidine groups is 1. The number of halogens is 2. The summed E-state index contributed by atoms with van der Waals surface area (Å²) in [6, 6.07) is 3.09. The van der Waals surface area contributed by atoms with Gasteiger partial charge in [0.2, 0.25) is 0 Å². The lowest BCUT2D eigenvalue weighted by Crippen LogP contribution is -2.27. The van der Waals surface area contributed by atoms with Gasteiger partial charge in [-0.25, -0.2) is 4.39 Å². The summed E-state index contributed by atoms with van der Waals surface area (Å²) in [6.07, 6.45) is 0. The number of aliphatic hydroxyl groups is 1. The van der Waals surface area contributed by atoms with Crippen molar-refractivity contribution in [1.29, 1.82) is 0 Å². The summed E-state index contributed by atoms with van der Waals surface area (Å²) in [7, 11) is 0. The molecule has 1 aromatic carbocycles. The van der Waals surface area contributed by atoms with Gasteiger partial charge in [-0.05, 0) is 35.0 Å². The number of oxime groups is 1. The van der Waals surface area contributed by atoms with E-state index in [9.17, 15) is 4.39 Å². The molecule has 0 bridgehead atoms. The van der Waals surface area contributed by atoms with Crippen molar-refractivity contribution in [3.05, 3.63) is 28.0 Å². The number of likely N-dealkylation sites (N-methyl/N-ethyl adjacent to an activating group) is 1. The minimum atomic E-state index is -0.505. The van der Waals surface area contributed by atoms with Crippen molar-refractivity contribution in [2.75, 3.05) is 24.6 Å². The standard InChI is InChI=1S/C11H15BrFN3O2/c1-2-16(5-6-17)8-4-3-7(11(14)15-18)9(12)10(8)13/h3-4,17-18H,2,5-6H2,1H3,(H2,14,15). The normalized spacial score (nSPS) is 11.7. The molecule has 0 saturated carbocycles. The third kappa shape index (κ3) is 2.91. The van der Waals surface area contributed by atoms with Gasteiger partial charge in [-0.15, -0.1) is 0 Å². The van der Waals surface area contributed by atoms with Crippen molar-refractivity contribution in [2.24, 2.45) is 10.9 Å². The Kier molecular flexibility index (Phi) is 5.36. The molecule has 0 radical (unpaired) electrons. The third-order valence-electron chi connectivity index (χ3n) is 2.54. The second kappa shape index (κ2) is 6.55.